The van der Waals surface area contributed by atoms with Gasteiger partial charge in [-0.2, -0.15) is 5.26 Å². The summed E-state index contributed by atoms with van der Waals surface area (Å²) in [4.78, 5) is 11.6. The van der Waals surface area contributed by atoms with Gasteiger partial charge in [0.05, 0.1) is 12.5 Å². The predicted molar refractivity (Wildman–Crippen MR) is 60.3 cm³/mol. The Morgan fingerprint density at radius 3 is 2.47 bits per heavy atom. The van der Waals surface area contributed by atoms with E-state index in [1.165, 1.54) is 12.1 Å². The third-order valence-electron chi connectivity index (χ3n) is 2.13. The zero-order valence-electron chi connectivity index (χ0n) is 9.99. The van der Waals surface area contributed by atoms with Crippen LogP contribution in [0.4, 0.5) is 13.2 Å². The lowest BCUT2D eigenvalue weighted by atomic mass is 10.2. The molecule has 19 heavy (non-hydrogen) atoms. The Hall–Kier alpha value is -2.23. The Kier molecular flexibility index (Phi) is 4.75. The van der Waals surface area contributed by atoms with Crippen LogP contribution in [0.3, 0.4) is 0 Å². The van der Waals surface area contributed by atoms with E-state index in [1.54, 1.807) is 6.92 Å². The highest BCUT2D eigenvalue weighted by Gasteiger charge is 2.31. The van der Waals surface area contributed by atoms with Gasteiger partial charge in [0.15, 0.2) is 0 Å². The first-order valence-electron chi connectivity index (χ1n) is 5.35. The molecule has 0 fully saturated rings. The molecule has 0 aliphatic carbocycles. The molecule has 0 spiro atoms. The molecule has 1 N–H and O–H groups in total. The van der Waals surface area contributed by atoms with Gasteiger partial charge in [0.1, 0.15) is 5.75 Å². The fourth-order valence-electron chi connectivity index (χ4n) is 1.30. The molecular weight excluding hydrogens is 261 g/mol. The quantitative estimate of drug-likeness (QED) is 0.916. The summed E-state index contributed by atoms with van der Waals surface area (Å²) in [5.41, 5.74) is 0.194. The second-order valence-corrected chi connectivity index (χ2v) is 3.81. The van der Waals surface area contributed by atoms with Crippen LogP contribution in [0.2, 0.25) is 0 Å². The number of alkyl halides is 3. The molecule has 1 aromatic carbocycles. The molecule has 0 aromatic heterocycles. The highest BCUT2D eigenvalue weighted by Crippen LogP contribution is 2.22. The van der Waals surface area contributed by atoms with Crippen LogP contribution in [0.5, 0.6) is 5.75 Å². The largest absolute Gasteiger partial charge is 0.573 e. The van der Waals surface area contributed by atoms with Crippen molar-refractivity contribution in [3.05, 3.63) is 29.8 Å². The first kappa shape index (κ1) is 14.8. The van der Waals surface area contributed by atoms with Gasteiger partial charge >= 0.3 is 6.36 Å². The SMILES string of the molecule is CC(CC#N)NC(=O)c1ccc(OC(F)(F)F)cc1. The topological polar surface area (TPSA) is 62.1 Å². The maximum Gasteiger partial charge on any atom is 0.573 e. The molecule has 102 valence electrons. The van der Waals surface area contributed by atoms with Crippen LogP contribution in [0, 0.1) is 11.3 Å². The van der Waals surface area contributed by atoms with Crippen molar-refractivity contribution in [1.29, 1.82) is 5.26 Å². The Bertz CT molecular complexity index is 477. The summed E-state index contributed by atoms with van der Waals surface area (Å²) < 4.78 is 39.5. The fraction of sp³-hybridized carbons (Fsp3) is 0.333. The van der Waals surface area contributed by atoms with E-state index >= 15 is 0 Å². The van der Waals surface area contributed by atoms with Gasteiger partial charge in [-0.15, -0.1) is 13.2 Å². The fourth-order valence-corrected chi connectivity index (χ4v) is 1.30. The van der Waals surface area contributed by atoms with Gasteiger partial charge < -0.3 is 10.1 Å². The maximum absolute atomic E-state index is 11.9. The lowest BCUT2D eigenvalue weighted by Gasteiger charge is -2.11. The minimum Gasteiger partial charge on any atom is -0.406 e. The number of nitrogens with zero attached hydrogens (tertiary/aromatic N) is 1. The molecule has 0 aliphatic heterocycles. The minimum absolute atomic E-state index is 0.154. The van der Waals surface area contributed by atoms with Gasteiger partial charge in [0.2, 0.25) is 0 Å². The third-order valence-corrected chi connectivity index (χ3v) is 2.13. The summed E-state index contributed by atoms with van der Waals surface area (Å²) in [6.07, 6.45) is -4.61. The van der Waals surface area contributed by atoms with Crippen LogP contribution in [0.15, 0.2) is 24.3 Å². The molecule has 1 atom stereocenters. The van der Waals surface area contributed by atoms with Crippen molar-refractivity contribution in [2.24, 2.45) is 0 Å². The zero-order chi connectivity index (χ0) is 14.5. The summed E-state index contributed by atoms with van der Waals surface area (Å²) >= 11 is 0. The number of nitriles is 1. The number of hydrogen-bond acceptors (Lipinski definition) is 3. The second kappa shape index (κ2) is 6.09. The predicted octanol–water partition coefficient (Wildman–Crippen LogP) is 2.62. The van der Waals surface area contributed by atoms with E-state index in [-0.39, 0.29) is 18.0 Å². The van der Waals surface area contributed by atoms with E-state index in [1.807, 2.05) is 6.07 Å². The van der Waals surface area contributed by atoms with Gasteiger partial charge in [0.25, 0.3) is 5.91 Å². The van der Waals surface area contributed by atoms with Crippen LogP contribution >= 0.6 is 0 Å². The number of nitrogens with one attached hydrogen (secondary N) is 1. The van der Waals surface area contributed by atoms with Crippen LogP contribution in [0.1, 0.15) is 23.7 Å². The van der Waals surface area contributed by atoms with E-state index in [2.05, 4.69) is 10.1 Å². The van der Waals surface area contributed by atoms with E-state index in [9.17, 15) is 18.0 Å². The minimum atomic E-state index is -4.76. The molecule has 0 saturated heterocycles. The summed E-state index contributed by atoms with van der Waals surface area (Å²) in [6.45, 7) is 1.66. The third kappa shape index (κ3) is 5.29. The number of hydrogen-bond donors (Lipinski definition) is 1. The Morgan fingerprint density at radius 2 is 2.00 bits per heavy atom. The van der Waals surface area contributed by atoms with E-state index < -0.39 is 18.0 Å². The van der Waals surface area contributed by atoms with Crippen molar-refractivity contribution in [2.75, 3.05) is 0 Å². The average Bonchev–Trinajstić information content (AvgIpc) is 2.27. The summed E-state index contributed by atoms with van der Waals surface area (Å²) in [7, 11) is 0. The van der Waals surface area contributed by atoms with Crippen molar-refractivity contribution in [2.45, 2.75) is 25.7 Å². The molecular formula is C12H11F3N2O2. The summed E-state index contributed by atoms with van der Waals surface area (Å²) in [5.74, 6) is -0.851. The molecule has 1 rings (SSSR count). The molecule has 0 saturated carbocycles. The molecule has 0 heterocycles. The number of benzene rings is 1. The molecule has 0 bridgehead atoms. The number of halogens is 3. The number of rotatable bonds is 4. The Labute approximate surface area is 107 Å². The number of amides is 1. The molecule has 1 amide bonds. The highest BCUT2D eigenvalue weighted by atomic mass is 19.4. The van der Waals surface area contributed by atoms with Gasteiger partial charge in [-0.1, -0.05) is 0 Å². The standard InChI is InChI=1S/C12H11F3N2O2/c1-8(6-7-16)17-11(18)9-2-4-10(5-3-9)19-12(13,14)15/h2-5,8H,6H2,1H3,(H,17,18). The van der Waals surface area contributed by atoms with Crippen molar-refractivity contribution >= 4 is 5.91 Å². The normalized spacial score (nSPS) is 12.4. The van der Waals surface area contributed by atoms with Gasteiger partial charge in [-0.05, 0) is 31.2 Å². The first-order chi connectivity index (χ1) is 8.81. The van der Waals surface area contributed by atoms with Crippen molar-refractivity contribution in [3.8, 4) is 11.8 Å². The van der Waals surface area contributed by atoms with E-state index in [4.69, 9.17) is 5.26 Å². The number of ether oxygens (including phenoxy) is 1. The molecule has 1 unspecified atom stereocenters. The smallest absolute Gasteiger partial charge is 0.406 e. The van der Waals surface area contributed by atoms with Crippen molar-refractivity contribution < 1.29 is 22.7 Å². The highest BCUT2D eigenvalue weighted by molar-refractivity contribution is 5.94. The van der Waals surface area contributed by atoms with Crippen molar-refractivity contribution in [3.63, 3.8) is 0 Å². The van der Waals surface area contributed by atoms with Crippen LogP contribution < -0.4 is 10.1 Å². The lowest BCUT2D eigenvalue weighted by molar-refractivity contribution is -0.274. The lowest BCUT2D eigenvalue weighted by Crippen LogP contribution is -2.32. The molecule has 1 aromatic rings. The Balaban J connectivity index is 2.66. The van der Waals surface area contributed by atoms with Crippen LogP contribution in [-0.4, -0.2) is 18.3 Å². The Morgan fingerprint density at radius 1 is 1.42 bits per heavy atom. The van der Waals surface area contributed by atoms with Crippen molar-refractivity contribution in [1.82, 2.24) is 5.32 Å². The molecule has 0 aliphatic rings. The van der Waals surface area contributed by atoms with Gasteiger partial charge in [0, 0.05) is 11.6 Å². The molecule has 0 radical (unpaired) electrons. The zero-order valence-corrected chi connectivity index (χ0v) is 9.99. The molecule has 4 nitrogen and oxygen atoms in total. The van der Waals surface area contributed by atoms with E-state index in [0.717, 1.165) is 12.1 Å². The maximum atomic E-state index is 11.9. The number of carbonyl (C=O) groups is 1. The monoisotopic (exact) mass is 272 g/mol. The summed E-state index contributed by atoms with van der Waals surface area (Å²) in [6, 6.07) is 6.11. The molecule has 7 heteroatoms. The first-order valence-corrected chi connectivity index (χ1v) is 5.35. The second-order valence-electron chi connectivity index (χ2n) is 3.81. The van der Waals surface area contributed by atoms with Gasteiger partial charge in [-0.25, -0.2) is 0 Å². The average molecular weight is 272 g/mol. The number of carbonyl (C=O) groups excluding carboxylic acids is 1. The van der Waals surface area contributed by atoms with Gasteiger partial charge in [-0.3, -0.25) is 4.79 Å². The summed E-state index contributed by atoms with van der Waals surface area (Å²) in [5, 5.41) is 11.0. The van der Waals surface area contributed by atoms with Crippen LogP contribution in [-0.2, 0) is 0 Å². The van der Waals surface area contributed by atoms with E-state index in [0.29, 0.717) is 0 Å². The van der Waals surface area contributed by atoms with Crippen LogP contribution in [0.25, 0.3) is 0 Å².